The molecule has 0 aromatic heterocycles. The predicted octanol–water partition coefficient (Wildman–Crippen LogP) is 2.59. The standard InChI is InChI=1S/C15H26N2O2S/c1-4-13(5-2)12-17(6-3)20(18,19)15-10-8-7-9-14(15)11-16/h7-10,13H,4-6,11-12,16H2,1-3H3. The van der Waals surface area contributed by atoms with Crippen LogP contribution in [0.4, 0.5) is 0 Å². The van der Waals surface area contributed by atoms with Crippen LogP contribution in [0.3, 0.4) is 0 Å². The monoisotopic (exact) mass is 298 g/mol. The van der Waals surface area contributed by atoms with E-state index in [1.807, 2.05) is 13.0 Å². The third-order valence-corrected chi connectivity index (χ3v) is 5.82. The maximum Gasteiger partial charge on any atom is 0.243 e. The summed E-state index contributed by atoms with van der Waals surface area (Å²) in [6.07, 6.45) is 1.97. The first-order chi connectivity index (χ1) is 9.51. The van der Waals surface area contributed by atoms with E-state index < -0.39 is 10.0 Å². The van der Waals surface area contributed by atoms with Crippen LogP contribution in [0.25, 0.3) is 0 Å². The highest BCUT2D eigenvalue weighted by atomic mass is 32.2. The fourth-order valence-corrected chi connectivity index (χ4v) is 4.05. The molecule has 0 unspecified atom stereocenters. The van der Waals surface area contributed by atoms with Crippen LogP contribution >= 0.6 is 0 Å². The lowest BCUT2D eigenvalue weighted by Gasteiger charge is -2.25. The molecule has 4 nitrogen and oxygen atoms in total. The van der Waals surface area contributed by atoms with Gasteiger partial charge in [-0.1, -0.05) is 51.8 Å². The summed E-state index contributed by atoms with van der Waals surface area (Å²) in [6, 6.07) is 6.99. The summed E-state index contributed by atoms with van der Waals surface area (Å²) < 4.78 is 27.1. The molecule has 0 fully saturated rings. The number of sulfonamides is 1. The highest BCUT2D eigenvalue weighted by Gasteiger charge is 2.26. The molecule has 2 N–H and O–H groups in total. The lowest BCUT2D eigenvalue weighted by atomic mass is 10.0. The van der Waals surface area contributed by atoms with Gasteiger partial charge in [0.1, 0.15) is 0 Å². The molecule has 1 aromatic carbocycles. The molecule has 20 heavy (non-hydrogen) atoms. The number of nitrogens with two attached hydrogens (primary N) is 1. The Morgan fingerprint density at radius 1 is 1.15 bits per heavy atom. The van der Waals surface area contributed by atoms with E-state index in [-0.39, 0.29) is 6.54 Å². The van der Waals surface area contributed by atoms with Crippen molar-refractivity contribution in [3.05, 3.63) is 29.8 Å². The van der Waals surface area contributed by atoms with Crippen LogP contribution in [0, 0.1) is 5.92 Å². The van der Waals surface area contributed by atoms with Gasteiger partial charge in [0.25, 0.3) is 0 Å². The van der Waals surface area contributed by atoms with Crippen molar-refractivity contribution >= 4 is 10.0 Å². The molecule has 0 radical (unpaired) electrons. The minimum Gasteiger partial charge on any atom is -0.326 e. The third-order valence-electron chi connectivity index (χ3n) is 3.78. The van der Waals surface area contributed by atoms with Gasteiger partial charge in [-0.3, -0.25) is 0 Å². The Morgan fingerprint density at radius 2 is 1.75 bits per heavy atom. The van der Waals surface area contributed by atoms with Crippen molar-refractivity contribution in [1.29, 1.82) is 0 Å². The molecule has 0 atom stereocenters. The Bertz CT molecular complexity index is 510. The fourth-order valence-electron chi connectivity index (χ4n) is 2.30. The van der Waals surface area contributed by atoms with Gasteiger partial charge in [0.15, 0.2) is 0 Å². The van der Waals surface area contributed by atoms with Crippen molar-refractivity contribution in [3.63, 3.8) is 0 Å². The minimum atomic E-state index is -3.46. The zero-order valence-corrected chi connectivity index (χ0v) is 13.5. The van der Waals surface area contributed by atoms with Gasteiger partial charge in [-0.25, -0.2) is 8.42 Å². The lowest BCUT2D eigenvalue weighted by Crippen LogP contribution is -2.35. The van der Waals surface area contributed by atoms with Crippen molar-refractivity contribution in [2.75, 3.05) is 13.1 Å². The summed E-state index contributed by atoms with van der Waals surface area (Å²) >= 11 is 0. The van der Waals surface area contributed by atoms with Gasteiger partial charge >= 0.3 is 0 Å². The normalized spacial score (nSPS) is 12.3. The first-order valence-corrected chi connectivity index (χ1v) is 8.73. The average molecular weight is 298 g/mol. The van der Waals surface area contributed by atoms with Crippen molar-refractivity contribution in [2.24, 2.45) is 11.7 Å². The Balaban J connectivity index is 3.12. The van der Waals surface area contributed by atoms with Gasteiger partial charge in [-0.15, -0.1) is 0 Å². The number of benzene rings is 1. The predicted molar refractivity (Wildman–Crippen MR) is 82.8 cm³/mol. The Labute approximate surface area is 123 Å². The summed E-state index contributed by atoms with van der Waals surface area (Å²) in [6.45, 7) is 7.37. The van der Waals surface area contributed by atoms with Crippen LogP contribution in [-0.4, -0.2) is 25.8 Å². The van der Waals surface area contributed by atoms with Crippen LogP contribution in [0.5, 0.6) is 0 Å². The van der Waals surface area contributed by atoms with Crippen molar-refractivity contribution < 1.29 is 8.42 Å². The average Bonchev–Trinajstić information content (AvgIpc) is 2.48. The molecule has 114 valence electrons. The first-order valence-electron chi connectivity index (χ1n) is 7.29. The molecule has 0 bridgehead atoms. The minimum absolute atomic E-state index is 0.234. The number of nitrogens with zero attached hydrogens (tertiary/aromatic N) is 1. The Hall–Kier alpha value is -0.910. The smallest absolute Gasteiger partial charge is 0.243 e. The molecule has 0 aliphatic heterocycles. The molecule has 0 aliphatic carbocycles. The second-order valence-corrected chi connectivity index (χ2v) is 6.86. The third kappa shape index (κ3) is 3.81. The quantitative estimate of drug-likeness (QED) is 0.802. The van der Waals surface area contributed by atoms with Crippen molar-refractivity contribution in [2.45, 2.75) is 45.1 Å². The molecular weight excluding hydrogens is 272 g/mol. The van der Waals surface area contributed by atoms with E-state index in [0.29, 0.717) is 29.5 Å². The van der Waals surface area contributed by atoms with E-state index in [0.717, 1.165) is 12.8 Å². The summed E-state index contributed by atoms with van der Waals surface area (Å²) in [4.78, 5) is 0.343. The largest absolute Gasteiger partial charge is 0.326 e. The van der Waals surface area contributed by atoms with Gasteiger partial charge in [-0.2, -0.15) is 4.31 Å². The van der Waals surface area contributed by atoms with Crippen LogP contribution < -0.4 is 5.73 Å². The van der Waals surface area contributed by atoms with E-state index >= 15 is 0 Å². The highest BCUT2D eigenvalue weighted by molar-refractivity contribution is 7.89. The Kier molecular flexibility index (Phi) is 6.65. The Morgan fingerprint density at radius 3 is 2.25 bits per heavy atom. The van der Waals surface area contributed by atoms with Gasteiger partial charge in [0.2, 0.25) is 10.0 Å². The summed E-state index contributed by atoms with van der Waals surface area (Å²) in [5.74, 6) is 0.398. The van der Waals surface area contributed by atoms with Crippen LogP contribution in [0.15, 0.2) is 29.2 Å². The summed E-state index contributed by atoms with van der Waals surface area (Å²) in [5, 5.41) is 0. The molecule has 0 saturated carbocycles. The number of rotatable bonds is 8. The highest BCUT2D eigenvalue weighted by Crippen LogP contribution is 2.22. The van der Waals surface area contributed by atoms with Gasteiger partial charge < -0.3 is 5.73 Å². The molecule has 0 saturated heterocycles. The van der Waals surface area contributed by atoms with Crippen LogP contribution in [0.2, 0.25) is 0 Å². The maximum absolute atomic E-state index is 12.8. The second-order valence-electron chi connectivity index (χ2n) is 4.95. The fraction of sp³-hybridized carbons (Fsp3) is 0.600. The molecule has 0 spiro atoms. The van der Waals surface area contributed by atoms with E-state index in [1.54, 1.807) is 22.5 Å². The number of hydrogen-bond donors (Lipinski definition) is 1. The van der Waals surface area contributed by atoms with E-state index in [2.05, 4.69) is 13.8 Å². The van der Waals surface area contributed by atoms with Gasteiger partial charge in [-0.05, 0) is 17.5 Å². The van der Waals surface area contributed by atoms with E-state index in [4.69, 9.17) is 5.73 Å². The van der Waals surface area contributed by atoms with Crippen molar-refractivity contribution in [1.82, 2.24) is 4.31 Å². The topological polar surface area (TPSA) is 63.4 Å². The number of hydrogen-bond acceptors (Lipinski definition) is 3. The molecule has 0 amide bonds. The van der Waals surface area contributed by atoms with Gasteiger partial charge in [0.05, 0.1) is 4.90 Å². The second kappa shape index (κ2) is 7.76. The molecule has 1 rings (SSSR count). The first kappa shape index (κ1) is 17.1. The molecule has 0 heterocycles. The maximum atomic E-state index is 12.8. The van der Waals surface area contributed by atoms with Gasteiger partial charge in [0, 0.05) is 19.6 Å². The summed E-state index contributed by atoms with van der Waals surface area (Å²) in [7, 11) is -3.46. The molecular formula is C15H26N2O2S. The van der Waals surface area contributed by atoms with E-state index in [9.17, 15) is 8.42 Å². The summed E-state index contributed by atoms with van der Waals surface area (Å²) in [5.41, 5.74) is 6.34. The lowest BCUT2D eigenvalue weighted by molar-refractivity contribution is 0.339. The SMILES string of the molecule is CCC(CC)CN(CC)S(=O)(=O)c1ccccc1CN. The molecule has 1 aromatic rings. The zero-order chi connectivity index (χ0) is 15.2. The molecule has 0 aliphatic rings. The molecule has 5 heteroatoms. The van der Waals surface area contributed by atoms with Crippen LogP contribution in [0.1, 0.15) is 39.2 Å². The van der Waals surface area contributed by atoms with Crippen molar-refractivity contribution in [3.8, 4) is 0 Å². The zero-order valence-electron chi connectivity index (χ0n) is 12.7. The van der Waals surface area contributed by atoms with E-state index in [1.165, 1.54) is 0 Å². The van der Waals surface area contributed by atoms with Crippen LogP contribution in [-0.2, 0) is 16.6 Å².